The van der Waals surface area contributed by atoms with E-state index in [1.807, 2.05) is 51.8 Å². The number of carbonyl (C=O) groups is 1. The van der Waals surface area contributed by atoms with Crippen molar-refractivity contribution in [2.75, 3.05) is 20.1 Å². The van der Waals surface area contributed by atoms with Crippen molar-refractivity contribution in [3.8, 4) is 0 Å². The van der Waals surface area contributed by atoms with E-state index in [2.05, 4.69) is 41.0 Å². The third-order valence-electron chi connectivity index (χ3n) is 3.87. The zero-order chi connectivity index (χ0) is 19.2. The van der Waals surface area contributed by atoms with E-state index in [-0.39, 0.29) is 42.0 Å². The number of nitrogens with zero attached hydrogens (tertiary/aromatic N) is 2. The van der Waals surface area contributed by atoms with Gasteiger partial charge in [0.25, 0.3) is 0 Å². The number of aliphatic imine (C=N–C) groups is 1. The SMILES string of the molecule is CCNC(=NCc1cccc2ccccc12)N(C)CC(=O)NC(C)(C)C.I. The second kappa shape index (κ2) is 10.5. The molecule has 27 heavy (non-hydrogen) atoms. The van der Waals surface area contributed by atoms with Gasteiger partial charge in [-0.1, -0.05) is 42.5 Å². The maximum absolute atomic E-state index is 12.2. The molecule has 0 spiro atoms. The zero-order valence-electron chi connectivity index (χ0n) is 16.9. The third kappa shape index (κ3) is 7.36. The van der Waals surface area contributed by atoms with E-state index < -0.39 is 0 Å². The number of nitrogens with one attached hydrogen (secondary N) is 2. The molecule has 0 radical (unpaired) electrons. The predicted octanol–water partition coefficient (Wildman–Crippen LogP) is 3.77. The molecule has 2 aromatic rings. The molecule has 0 heterocycles. The summed E-state index contributed by atoms with van der Waals surface area (Å²) in [6.45, 7) is 9.53. The summed E-state index contributed by atoms with van der Waals surface area (Å²) < 4.78 is 0. The molecule has 0 saturated carbocycles. The Bertz CT molecular complexity index is 778. The standard InChI is InChI=1S/C21H30N4O.HI/c1-6-22-20(25(5)15-19(26)24-21(2,3)4)23-14-17-12-9-11-16-10-7-8-13-18(16)17;/h7-13H,6,14-15H2,1-5H3,(H,22,23)(H,24,26);1H. The number of carbonyl (C=O) groups excluding carboxylic acids is 1. The highest BCUT2D eigenvalue weighted by Crippen LogP contribution is 2.19. The highest BCUT2D eigenvalue weighted by Gasteiger charge is 2.16. The van der Waals surface area contributed by atoms with Gasteiger partial charge < -0.3 is 15.5 Å². The quantitative estimate of drug-likeness (QED) is 0.388. The maximum Gasteiger partial charge on any atom is 0.240 e. The Balaban J connectivity index is 0.00000364. The monoisotopic (exact) mass is 482 g/mol. The summed E-state index contributed by atoms with van der Waals surface area (Å²) in [7, 11) is 1.88. The molecule has 0 aliphatic heterocycles. The van der Waals surface area contributed by atoms with Gasteiger partial charge in [-0.15, -0.1) is 24.0 Å². The van der Waals surface area contributed by atoms with Crippen molar-refractivity contribution >= 4 is 46.6 Å². The molecule has 148 valence electrons. The van der Waals surface area contributed by atoms with Crippen molar-refractivity contribution < 1.29 is 4.79 Å². The van der Waals surface area contributed by atoms with Gasteiger partial charge in [0, 0.05) is 19.1 Å². The minimum absolute atomic E-state index is 0. The number of guanidine groups is 1. The van der Waals surface area contributed by atoms with Crippen LogP contribution in [0.4, 0.5) is 0 Å². The van der Waals surface area contributed by atoms with E-state index in [0.29, 0.717) is 6.54 Å². The van der Waals surface area contributed by atoms with Gasteiger partial charge in [-0.25, -0.2) is 4.99 Å². The van der Waals surface area contributed by atoms with Crippen LogP contribution in [0.1, 0.15) is 33.3 Å². The molecule has 1 amide bonds. The molecule has 0 bridgehead atoms. The Morgan fingerprint density at radius 2 is 1.78 bits per heavy atom. The third-order valence-corrected chi connectivity index (χ3v) is 3.87. The van der Waals surface area contributed by atoms with Gasteiger partial charge in [-0.3, -0.25) is 4.79 Å². The molecule has 2 rings (SSSR count). The van der Waals surface area contributed by atoms with Crippen LogP contribution in [0.5, 0.6) is 0 Å². The molecule has 0 atom stereocenters. The normalized spacial score (nSPS) is 11.7. The number of likely N-dealkylation sites (N-methyl/N-ethyl adjacent to an activating group) is 1. The zero-order valence-corrected chi connectivity index (χ0v) is 19.2. The number of amides is 1. The lowest BCUT2D eigenvalue weighted by Crippen LogP contribution is -2.48. The van der Waals surface area contributed by atoms with Gasteiger partial charge in [0.1, 0.15) is 0 Å². The number of benzene rings is 2. The Morgan fingerprint density at radius 1 is 1.11 bits per heavy atom. The fourth-order valence-electron chi connectivity index (χ4n) is 2.81. The number of fused-ring (bicyclic) bond motifs is 1. The van der Waals surface area contributed by atoms with Crippen molar-refractivity contribution in [3.05, 3.63) is 48.0 Å². The molecule has 0 aliphatic carbocycles. The van der Waals surface area contributed by atoms with Crippen molar-refractivity contribution in [1.82, 2.24) is 15.5 Å². The molecule has 6 heteroatoms. The van der Waals surface area contributed by atoms with Crippen LogP contribution in [-0.4, -0.2) is 42.4 Å². The van der Waals surface area contributed by atoms with Crippen molar-refractivity contribution in [2.24, 2.45) is 4.99 Å². The first-order valence-corrected chi connectivity index (χ1v) is 9.07. The van der Waals surface area contributed by atoms with Gasteiger partial charge in [0.05, 0.1) is 13.1 Å². The lowest BCUT2D eigenvalue weighted by atomic mass is 10.1. The van der Waals surface area contributed by atoms with E-state index in [0.717, 1.165) is 12.5 Å². The minimum Gasteiger partial charge on any atom is -0.357 e. The summed E-state index contributed by atoms with van der Waals surface area (Å²) in [5.74, 6) is 0.709. The average molecular weight is 482 g/mol. The number of rotatable bonds is 5. The Hall–Kier alpha value is -1.83. The van der Waals surface area contributed by atoms with Gasteiger partial charge >= 0.3 is 0 Å². The van der Waals surface area contributed by atoms with Crippen molar-refractivity contribution in [1.29, 1.82) is 0 Å². The summed E-state index contributed by atoms with van der Waals surface area (Å²) in [5, 5.41) is 8.67. The van der Waals surface area contributed by atoms with Crippen LogP contribution >= 0.6 is 24.0 Å². The molecule has 0 fully saturated rings. The van der Waals surface area contributed by atoms with Crippen LogP contribution in [0, 0.1) is 0 Å². The van der Waals surface area contributed by atoms with Crippen LogP contribution in [0.25, 0.3) is 10.8 Å². The fraction of sp³-hybridized carbons (Fsp3) is 0.429. The fourth-order valence-corrected chi connectivity index (χ4v) is 2.81. The van der Waals surface area contributed by atoms with Crippen LogP contribution in [0.15, 0.2) is 47.5 Å². The summed E-state index contributed by atoms with van der Waals surface area (Å²) >= 11 is 0. The van der Waals surface area contributed by atoms with Gasteiger partial charge in [0.15, 0.2) is 5.96 Å². The lowest BCUT2D eigenvalue weighted by molar-refractivity contribution is -0.122. The number of halogens is 1. The molecule has 5 nitrogen and oxygen atoms in total. The number of hydrogen-bond acceptors (Lipinski definition) is 2. The van der Waals surface area contributed by atoms with E-state index in [1.165, 1.54) is 16.3 Å². The van der Waals surface area contributed by atoms with Crippen LogP contribution in [0.3, 0.4) is 0 Å². The van der Waals surface area contributed by atoms with Crippen LogP contribution in [-0.2, 0) is 11.3 Å². The van der Waals surface area contributed by atoms with Crippen molar-refractivity contribution in [2.45, 2.75) is 39.8 Å². The lowest BCUT2D eigenvalue weighted by Gasteiger charge is -2.25. The smallest absolute Gasteiger partial charge is 0.240 e. The van der Waals surface area contributed by atoms with Gasteiger partial charge in [-0.2, -0.15) is 0 Å². The molecule has 2 aromatic carbocycles. The first kappa shape index (κ1) is 23.2. The van der Waals surface area contributed by atoms with Crippen molar-refractivity contribution in [3.63, 3.8) is 0 Å². The molecular formula is C21H31IN4O. The van der Waals surface area contributed by atoms with E-state index in [4.69, 9.17) is 4.99 Å². The Morgan fingerprint density at radius 3 is 2.44 bits per heavy atom. The van der Waals surface area contributed by atoms with E-state index in [9.17, 15) is 4.79 Å². The summed E-state index contributed by atoms with van der Waals surface area (Å²) in [6.07, 6.45) is 0. The predicted molar refractivity (Wildman–Crippen MR) is 125 cm³/mol. The maximum atomic E-state index is 12.2. The molecule has 0 aromatic heterocycles. The first-order chi connectivity index (χ1) is 12.3. The molecule has 0 saturated heterocycles. The van der Waals surface area contributed by atoms with Gasteiger partial charge in [0.2, 0.25) is 5.91 Å². The first-order valence-electron chi connectivity index (χ1n) is 9.07. The number of hydrogen-bond donors (Lipinski definition) is 2. The summed E-state index contributed by atoms with van der Waals surface area (Å²) in [5.41, 5.74) is 0.933. The molecule has 2 N–H and O–H groups in total. The second-order valence-electron chi connectivity index (χ2n) is 7.46. The van der Waals surface area contributed by atoms with E-state index >= 15 is 0 Å². The molecular weight excluding hydrogens is 451 g/mol. The van der Waals surface area contributed by atoms with Crippen LogP contribution < -0.4 is 10.6 Å². The Labute approximate surface area is 179 Å². The summed E-state index contributed by atoms with van der Waals surface area (Å²) in [6, 6.07) is 14.6. The largest absolute Gasteiger partial charge is 0.357 e. The second-order valence-corrected chi connectivity index (χ2v) is 7.46. The topological polar surface area (TPSA) is 56.7 Å². The highest BCUT2D eigenvalue weighted by atomic mass is 127. The summed E-state index contributed by atoms with van der Waals surface area (Å²) in [4.78, 5) is 18.8. The van der Waals surface area contributed by atoms with E-state index in [1.54, 1.807) is 0 Å². The highest BCUT2D eigenvalue weighted by molar-refractivity contribution is 14.0. The molecule has 0 unspecified atom stereocenters. The minimum atomic E-state index is -0.240. The molecule has 0 aliphatic rings. The van der Waals surface area contributed by atoms with Gasteiger partial charge in [-0.05, 0) is 44.0 Å². The van der Waals surface area contributed by atoms with Crippen LogP contribution in [0.2, 0.25) is 0 Å². The Kier molecular flexibility index (Phi) is 9.02. The average Bonchev–Trinajstić information content (AvgIpc) is 2.56.